The van der Waals surface area contributed by atoms with Gasteiger partial charge in [-0.2, -0.15) is 0 Å². The van der Waals surface area contributed by atoms with E-state index in [0.29, 0.717) is 38.6 Å². The molecule has 162 valence electrons. The maximum atomic E-state index is 12.6. The second-order valence-corrected chi connectivity index (χ2v) is 7.88. The third kappa shape index (κ3) is 9.36. The Labute approximate surface area is 178 Å². The van der Waals surface area contributed by atoms with Crippen molar-refractivity contribution in [2.45, 2.75) is 45.8 Å². The van der Waals surface area contributed by atoms with Crippen molar-refractivity contribution in [3.63, 3.8) is 0 Å². The molecule has 0 aliphatic carbocycles. The van der Waals surface area contributed by atoms with Gasteiger partial charge in [0.05, 0.1) is 6.54 Å². The van der Waals surface area contributed by atoms with Crippen LogP contribution in [0.3, 0.4) is 0 Å². The van der Waals surface area contributed by atoms with Crippen molar-refractivity contribution in [3.05, 3.63) is 60.2 Å². The molecule has 2 aromatic heterocycles. The monoisotopic (exact) mass is 412 g/mol. The van der Waals surface area contributed by atoms with Crippen molar-refractivity contribution in [1.29, 1.82) is 0 Å². The summed E-state index contributed by atoms with van der Waals surface area (Å²) in [5.74, 6) is 0.391. The molecule has 0 aliphatic heterocycles. The number of hydrogen-bond acceptors (Lipinski definition) is 5. The Bertz CT molecular complexity index is 790. The van der Waals surface area contributed by atoms with Gasteiger partial charge in [-0.1, -0.05) is 12.1 Å². The highest BCUT2D eigenvalue weighted by atomic mass is 16.6. The summed E-state index contributed by atoms with van der Waals surface area (Å²) in [5, 5.41) is 3.09. The molecule has 30 heavy (non-hydrogen) atoms. The molecule has 0 aromatic carbocycles. The summed E-state index contributed by atoms with van der Waals surface area (Å²) in [4.78, 5) is 27.0. The first-order chi connectivity index (χ1) is 14.3. The van der Waals surface area contributed by atoms with E-state index in [0.717, 1.165) is 17.7 Å². The van der Waals surface area contributed by atoms with Gasteiger partial charge in [-0.25, -0.2) is 4.79 Å². The molecule has 0 aliphatic rings. The van der Waals surface area contributed by atoms with Crippen LogP contribution in [0.5, 0.6) is 0 Å². The number of ether oxygens (including phenoxy) is 1. The number of nitrogens with one attached hydrogen (secondary N) is 1. The number of pyridine rings is 2. The van der Waals surface area contributed by atoms with E-state index in [2.05, 4.69) is 20.3 Å². The van der Waals surface area contributed by atoms with Gasteiger partial charge in [0, 0.05) is 50.3 Å². The van der Waals surface area contributed by atoms with Crippen LogP contribution < -0.4 is 11.1 Å². The molecule has 8 heteroatoms. The van der Waals surface area contributed by atoms with Crippen LogP contribution in [0.15, 0.2) is 53.9 Å². The zero-order valence-electron chi connectivity index (χ0n) is 18.0. The summed E-state index contributed by atoms with van der Waals surface area (Å²) in [7, 11) is 0. The molecule has 2 aromatic rings. The Morgan fingerprint density at radius 1 is 1.23 bits per heavy atom. The average Bonchev–Trinajstić information content (AvgIpc) is 2.70. The van der Waals surface area contributed by atoms with Crippen LogP contribution in [0.1, 0.15) is 38.4 Å². The Kier molecular flexibility index (Phi) is 9.05. The van der Waals surface area contributed by atoms with E-state index in [1.165, 1.54) is 0 Å². The fourth-order valence-corrected chi connectivity index (χ4v) is 2.66. The van der Waals surface area contributed by atoms with Crippen molar-refractivity contribution in [1.82, 2.24) is 20.2 Å². The van der Waals surface area contributed by atoms with E-state index in [4.69, 9.17) is 10.5 Å². The lowest BCUT2D eigenvalue weighted by Gasteiger charge is -2.27. The van der Waals surface area contributed by atoms with Crippen LogP contribution in [0.4, 0.5) is 4.79 Å². The van der Waals surface area contributed by atoms with Gasteiger partial charge in [-0.05, 0) is 51.0 Å². The van der Waals surface area contributed by atoms with Gasteiger partial charge in [0.1, 0.15) is 5.60 Å². The number of hydrogen-bond donors (Lipinski definition) is 2. The van der Waals surface area contributed by atoms with Crippen molar-refractivity contribution >= 4 is 12.1 Å². The van der Waals surface area contributed by atoms with Crippen LogP contribution in [0.25, 0.3) is 0 Å². The summed E-state index contributed by atoms with van der Waals surface area (Å²) in [6, 6.07) is 9.61. The van der Waals surface area contributed by atoms with E-state index in [1.54, 1.807) is 23.5 Å². The van der Waals surface area contributed by atoms with Crippen LogP contribution in [-0.4, -0.2) is 52.2 Å². The number of guanidine groups is 1. The maximum absolute atomic E-state index is 12.6. The predicted octanol–water partition coefficient (Wildman–Crippen LogP) is 2.75. The van der Waals surface area contributed by atoms with Crippen LogP contribution >= 0.6 is 0 Å². The van der Waals surface area contributed by atoms with E-state index >= 15 is 0 Å². The lowest BCUT2D eigenvalue weighted by molar-refractivity contribution is 0.0232. The number of aromatic nitrogens is 2. The number of rotatable bonds is 9. The molecule has 0 fully saturated rings. The van der Waals surface area contributed by atoms with E-state index < -0.39 is 5.60 Å². The lowest BCUT2D eigenvalue weighted by atomic mass is 10.2. The lowest BCUT2D eigenvalue weighted by Crippen LogP contribution is -2.37. The first-order valence-corrected chi connectivity index (χ1v) is 10.1. The highest BCUT2D eigenvalue weighted by Gasteiger charge is 2.22. The minimum absolute atomic E-state index is 0.350. The number of aliphatic imine (C=N–C) groups is 1. The smallest absolute Gasteiger partial charge is 0.410 e. The minimum atomic E-state index is -0.551. The number of carbonyl (C=O) groups is 1. The zero-order valence-corrected chi connectivity index (χ0v) is 18.0. The second-order valence-electron chi connectivity index (χ2n) is 7.88. The van der Waals surface area contributed by atoms with E-state index in [-0.39, 0.29) is 6.09 Å². The van der Waals surface area contributed by atoms with Gasteiger partial charge in [0.15, 0.2) is 5.96 Å². The molecule has 0 atom stereocenters. The summed E-state index contributed by atoms with van der Waals surface area (Å²) in [6.07, 6.45) is 6.32. The third-order valence-electron chi connectivity index (χ3n) is 4.03. The maximum Gasteiger partial charge on any atom is 0.410 e. The molecule has 0 bridgehead atoms. The molecule has 2 rings (SSSR count). The highest BCUT2D eigenvalue weighted by molar-refractivity contribution is 5.77. The van der Waals surface area contributed by atoms with Crippen molar-refractivity contribution in [2.75, 3.05) is 19.6 Å². The molecule has 8 nitrogen and oxygen atoms in total. The van der Waals surface area contributed by atoms with Gasteiger partial charge in [0.2, 0.25) is 0 Å². The minimum Gasteiger partial charge on any atom is -0.444 e. The van der Waals surface area contributed by atoms with Crippen molar-refractivity contribution < 1.29 is 9.53 Å². The molecular weight excluding hydrogens is 380 g/mol. The van der Waals surface area contributed by atoms with Crippen LogP contribution in [0, 0.1) is 0 Å². The van der Waals surface area contributed by atoms with Gasteiger partial charge in [-0.3, -0.25) is 15.0 Å². The largest absolute Gasteiger partial charge is 0.444 e. The van der Waals surface area contributed by atoms with Gasteiger partial charge < -0.3 is 20.7 Å². The van der Waals surface area contributed by atoms with E-state index in [9.17, 15) is 4.79 Å². The standard InChI is InChI=1S/C22H32N6O2/c1-22(2,3)30-21(29)28(17-18-8-6-11-24-16-18)15-7-13-26-20(23)27-14-10-19-9-4-5-12-25-19/h4-6,8-9,11-12,16H,7,10,13-15,17H2,1-3H3,(H3,23,26,27). The molecule has 1 amide bonds. The van der Waals surface area contributed by atoms with Crippen LogP contribution in [-0.2, 0) is 17.7 Å². The Hall–Kier alpha value is -3.16. The predicted molar refractivity (Wildman–Crippen MR) is 118 cm³/mol. The molecule has 0 unspecified atom stereocenters. The average molecular weight is 413 g/mol. The fourth-order valence-electron chi connectivity index (χ4n) is 2.66. The Morgan fingerprint density at radius 2 is 2.07 bits per heavy atom. The number of nitrogens with zero attached hydrogens (tertiary/aromatic N) is 4. The van der Waals surface area contributed by atoms with Crippen molar-refractivity contribution in [3.8, 4) is 0 Å². The van der Waals surface area contributed by atoms with Crippen molar-refractivity contribution in [2.24, 2.45) is 10.7 Å². The van der Waals surface area contributed by atoms with E-state index in [1.807, 2.05) is 51.1 Å². The topological polar surface area (TPSA) is 106 Å². The molecule has 2 heterocycles. The van der Waals surface area contributed by atoms with Gasteiger partial charge >= 0.3 is 6.09 Å². The molecule has 0 radical (unpaired) electrons. The molecular formula is C22H32N6O2. The SMILES string of the molecule is CC(C)(C)OC(=O)N(CCCN=C(N)NCCc1ccccn1)Cc1cccnc1. The van der Waals surface area contributed by atoms with Gasteiger partial charge in [-0.15, -0.1) is 0 Å². The Balaban J connectivity index is 1.80. The summed E-state index contributed by atoms with van der Waals surface area (Å²) < 4.78 is 5.53. The Morgan fingerprint density at radius 3 is 2.73 bits per heavy atom. The summed E-state index contributed by atoms with van der Waals surface area (Å²) in [6.45, 7) is 7.68. The normalized spacial score (nSPS) is 11.8. The summed E-state index contributed by atoms with van der Waals surface area (Å²) in [5.41, 5.74) is 7.32. The molecule has 0 spiro atoms. The zero-order chi connectivity index (χ0) is 21.8. The summed E-state index contributed by atoms with van der Waals surface area (Å²) >= 11 is 0. The van der Waals surface area contributed by atoms with Crippen LogP contribution in [0.2, 0.25) is 0 Å². The number of nitrogens with two attached hydrogens (primary N) is 1. The molecule has 0 saturated heterocycles. The highest BCUT2D eigenvalue weighted by Crippen LogP contribution is 2.13. The number of carbonyl (C=O) groups excluding carboxylic acids is 1. The third-order valence-corrected chi connectivity index (χ3v) is 4.03. The second kappa shape index (κ2) is 11.7. The first-order valence-electron chi connectivity index (χ1n) is 10.1. The molecule has 0 saturated carbocycles. The van der Waals surface area contributed by atoms with Gasteiger partial charge in [0.25, 0.3) is 0 Å². The quantitative estimate of drug-likeness (QED) is 0.373. The molecule has 3 N–H and O–H groups in total. The number of amides is 1. The first kappa shape index (κ1) is 23.1. The fraction of sp³-hybridized carbons (Fsp3) is 0.455.